The Bertz CT molecular complexity index is 956. The molecule has 0 bridgehead atoms. The maximum atomic E-state index is 11.9. The summed E-state index contributed by atoms with van der Waals surface area (Å²) in [5, 5.41) is 11.8. The van der Waals surface area contributed by atoms with Crippen LogP contribution in [0.2, 0.25) is 0 Å². The second-order valence-electron chi connectivity index (χ2n) is 9.04. The fourth-order valence-electron chi connectivity index (χ4n) is 3.59. The molecule has 2 unspecified atom stereocenters. The van der Waals surface area contributed by atoms with Gasteiger partial charge in [0, 0.05) is 51.6 Å². The van der Waals surface area contributed by atoms with Gasteiger partial charge in [-0.05, 0) is 40.3 Å². The monoisotopic (exact) mass is 584 g/mol. The minimum absolute atomic E-state index is 0.0513. The quantitative estimate of drug-likeness (QED) is 0.164. The Labute approximate surface area is 238 Å². The molecular weight excluding hydrogens is 544 g/mol. The summed E-state index contributed by atoms with van der Waals surface area (Å²) in [5.41, 5.74) is 0. The molecule has 2 fully saturated rings. The van der Waals surface area contributed by atoms with E-state index >= 15 is 0 Å². The molecule has 6 amide bonds. The third-order valence-electron chi connectivity index (χ3n) is 5.90. The van der Waals surface area contributed by atoms with Crippen molar-refractivity contribution < 1.29 is 48.0 Å². The Morgan fingerprint density at radius 3 is 1.68 bits per heavy atom. The van der Waals surface area contributed by atoms with Crippen molar-refractivity contribution in [3.8, 4) is 0 Å². The first-order valence-corrected chi connectivity index (χ1v) is 13.5. The van der Waals surface area contributed by atoms with E-state index in [1.807, 2.05) is 6.92 Å². The van der Waals surface area contributed by atoms with Crippen LogP contribution in [-0.4, -0.2) is 96.8 Å². The maximum Gasteiger partial charge on any atom is 0.349 e. The average molecular weight is 585 g/mol. The van der Waals surface area contributed by atoms with E-state index in [2.05, 4.69) is 21.3 Å². The number of carbonyl (C=O) groups is 8. The number of imide groups is 2. The molecule has 2 aliphatic heterocycles. The molecule has 0 spiro atoms. The van der Waals surface area contributed by atoms with E-state index in [-0.39, 0.29) is 63.2 Å². The molecule has 2 aliphatic rings. The lowest BCUT2D eigenvalue weighted by molar-refractivity contribution is -0.199. The molecule has 16 heteroatoms. The summed E-state index contributed by atoms with van der Waals surface area (Å²) < 4.78 is 0. The Morgan fingerprint density at radius 2 is 1.22 bits per heavy atom. The van der Waals surface area contributed by atoms with Gasteiger partial charge in [-0.3, -0.25) is 28.8 Å². The van der Waals surface area contributed by atoms with Crippen molar-refractivity contribution in [1.29, 1.82) is 0 Å². The summed E-state index contributed by atoms with van der Waals surface area (Å²) in [6, 6.07) is -1.27. The van der Waals surface area contributed by atoms with Gasteiger partial charge in [-0.25, -0.2) is 9.59 Å². The Kier molecular flexibility index (Phi) is 15.8. The van der Waals surface area contributed by atoms with Gasteiger partial charge in [0.1, 0.15) is 6.04 Å². The van der Waals surface area contributed by atoms with Crippen LogP contribution in [0.4, 0.5) is 0 Å². The summed E-state index contributed by atoms with van der Waals surface area (Å²) in [6.45, 7) is 4.82. The van der Waals surface area contributed by atoms with E-state index in [4.69, 9.17) is 9.68 Å². The Hall–Kier alpha value is -3.92. The predicted molar refractivity (Wildman–Crippen MR) is 141 cm³/mol. The van der Waals surface area contributed by atoms with Crippen LogP contribution in [0.1, 0.15) is 71.6 Å². The molecule has 230 valence electrons. The molecule has 4 N–H and O–H groups in total. The van der Waals surface area contributed by atoms with Crippen LogP contribution < -0.4 is 21.3 Å². The molecule has 2 rings (SSSR count). The van der Waals surface area contributed by atoms with Crippen LogP contribution in [0.5, 0.6) is 0 Å². The number of hydrogen-bond donors (Lipinski definition) is 4. The van der Waals surface area contributed by atoms with E-state index < -0.39 is 47.7 Å². The van der Waals surface area contributed by atoms with Crippen molar-refractivity contribution in [2.45, 2.75) is 83.7 Å². The maximum absolute atomic E-state index is 11.9. The van der Waals surface area contributed by atoms with Crippen molar-refractivity contribution in [3.63, 3.8) is 0 Å². The number of nitrogens with zero attached hydrogens (tertiary/aromatic N) is 2. The molecule has 2 atom stereocenters. The summed E-state index contributed by atoms with van der Waals surface area (Å²) in [5.74, 6) is -3.90. The van der Waals surface area contributed by atoms with Gasteiger partial charge < -0.3 is 30.9 Å². The van der Waals surface area contributed by atoms with Gasteiger partial charge in [-0.1, -0.05) is 6.92 Å². The predicted octanol–water partition coefficient (Wildman–Crippen LogP) is -1.41. The zero-order valence-electron chi connectivity index (χ0n) is 23.9. The van der Waals surface area contributed by atoms with Crippen molar-refractivity contribution >= 4 is 47.4 Å². The van der Waals surface area contributed by atoms with Crippen LogP contribution in [-0.2, 0) is 48.0 Å². The molecule has 0 radical (unpaired) electrons. The topological polar surface area (TPSA) is 210 Å². The lowest BCUT2D eigenvalue weighted by Gasteiger charge is -2.18. The van der Waals surface area contributed by atoms with Crippen molar-refractivity contribution in [2.24, 2.45) is 0 Å². The Balaban J connectivity index is 0.000000410. The molecule has 0 aromatic heterocycles. The largest absolute Gasteiger partial charge is 0.356 e. The fraction of sp³-hybridized carbons (Fsp3) is 0.680. The zero-order valence-corrected chi connectivity index (χ0v) is 23.9. The zero-order chi connectivity index (χ0) is 30.9. The third-order valence-corrected chi connectivity index (χ3v) is 5.90. The normalized spacial score (nSPS) is 16.1. The smallest absolute Gasteiger partial charge is 0.349 e. The first-order valence-electron chi connectivity index (χ1n) is 13.5. The van der Waals surface area contributed by atoms with Crippen LogP contribution in [0, 0.1) is 0 Å². The number of carbonyl (C=O) groups excluding carboxylic acids is 8. The van der Waals surface area contributed by atoms with Crippen molar-refractivity contribution in [1.82, 2.24) is 31.4 Å². The van der Waals surface area contributed by atoms with Crippen LogP contribution in [0.25, 0.3) is 0 Å². The highest BCUT2D eigenvalue weighted by atomic mass is 16.7. The summed E-state index contributed by atoms with van der Waals surface area (Å²) >= 11 is 0. The van der Waals surface area contributed by atoms with Crippen LogP contribution in [0.15, 0.2) is 0 Å². The summed E-state index contributed by atoms with van der Waals surface area (Å²) in [6.07, 6.45) is 1.59. The second-order valence-corrected chi connectivity index (χ2v) is 9.04. The van der Waals surface area contributed by atoms with Crippen molar-refractivity contribution in [3.05, 3.63) is 0 Å². The third kappa shape index (κ3) is 12.0. The summed E-state index contributed by atoms with van der Waals surface area (Å²) in [7, 11) is 3.16. The highest BCUT2D eigenvalue weighted by Crippen LogP contribution is 2.14. The van der Waals surface area contributed by atoms with Gasteiger partial charge in [0.05, 0.1) is 6.04 Å². The number of hydrogen-bond acceptors (Lipinski definition) is 12. The lowest BCUT2D eigenvalue weighted by Crippen LogP contribution is -2.43. The number of amides is 6. The van der Waals surface area contributed by atoms with Gasteiger partial charge in [-0.2, -0.15) is 0 Å². The van der Waals surface area contributed by atoms with Gasteiger partial charge in [0.2, 0.25) is 11.8 Å². The summed E-state index contributed by atoms with van der Waals surface area (Å²) in [4.78, 5) is 101. The molecule has 0 aromatic carbocycles. The molecule has 41 heavy (non-hydrogen) atoms. The minimum Gasteiger partial charge on any atom is -0.356 e. The van der Waals surface area contributed by atoms with Gasteiger partial charge >= 0.3 is 11.9 Å². The lowest BCUT2D eigenvalue weighted by atomic mass is 10.1. The minimum atomic E-state index is -0.751. The SMILES string of the molecule is CCCNC(=O)CCC(NC)C(=O)ON1C(=O)CCC1=O.CCNC(=O)C(CCC(=O)ON1C(=O)CCC1=O)NC. The fourth-order valence-corrected chi connectivity index (χ4v) is 3.59. The number of hydroxylamine groups is 4. The highest BCUT2D eigenvalue weighted by molar-refractivity contribution is 6.02. The first kappa shape index (κ1) is 35.1. The van der Waals surface area contributed by atoms with Crippen LogP contribution in [0.3, 0.4) is 0 Å². The van der Waals surface area contributed by atoms with Gasteiger partial charge in [0.15, 0.2) is 0 Å². The number of rotatable bonds is 15. The molecular formula is C25H40N6O10. The molecule has 0 aliphatic carbocycles. The van der Waals surface area contributed by atoms with E-state index in [1.54, 1.807) is 21.0 Å². The molecule has 2 heterocycles. The number of likely N-dealkylation sites (N-methyl/N-ethyl adjacent to an activating group) is 3. The van der Waals surface area contributed by atoms with Crippen molar-refractivity contribution in [2.75, 3.05) is 27.2 Å². The second kappa shape index (κ2) is 18.4. The molecule has 16 nitrogen and oxygen atoms in total. The van der Waals surface area contributed by atoms with E-state index in [0.29, 0.717) is 23.2 Å². The van der Waals surface area contributed by atoms with E-state index in [9.17, 15) is 38.4 Å². The molecule has 2 saturated heterocycles. The van der Waals surface area contributed by atoms with Gasteiger partial charge in [-0.15, -0.1) is 10.1 Å². The van der Waals surface area contributed by atoms with E-state index in [0.717, 1.165) is 6.42 Å². The van der Waals surface area contributed by atoms with Crippen LogP contribution >= 0.6 is 0 Å². The average Bonchev–Trinajstić information content (AvgIpc) is 3.43. The van der Waals surface area contributed by atoms with E-state index in [1.165, 1.54) is 0 Å². The molecule has 0 aromatic rings. The first-order chi connectivity index (χ1) is 19.5. The highest BCUT2D eigenvalue weighted by Gasteiger charge is 2.35. The van der Waals surface area contributed by atoms with Gasteiger partial charge in [0.25, 0.3) is 23.6 Å². The Morgan fingerprint density at radius 1 is 0.732 bits per heavy atom. The standard InChI is InChI=1S/C13H21N3O5.C12H19N3O5/c1-3-8-15-10(17)5-4-9(14-2)13(20)21-16-11(18)6-7-12(16)19;1-3-14-12(19)8(13-2)4-7-11(18)20-15-9(16)5-6-10(15)17/h9,14H,3-8H2,1-2H3,(H,15,17);8,13H,3-7H2,1-2H3,(H,14,19). The number of nitrogens with one attached hydrogen (secondary N) is 4. The molecule has 0 saturated carbocycles.